The molecule has 0 aromatic rings. The maximum absolute atomic E-state index is 11.4. The third-order valence-corrected chi connectivity index (χ3v) is 7.53. The molecule has 0 radical (unpaired) electrons. The molecule has 2 aliphatic rings. The number of aliphatic hydroxyl groups is 1. The Kier molecular flexibility index (Phi) is 6.16. The highest BCUT2D eigenvalue weighted by atomic mass is 79.9. The Balaban J connectivity index is 1.95. The van der Waals surface area contributed by atoms with Crippen molar-refractivity contribution in [3.8, 4) is 0 Å². The smallest absolute Gasteiger partial charge is 0.160 e. The molecular weight excluding hydrogens is 352 g/mol. The number of ketones is 1. The number of fused-ring (bicyclic) bond motifs is 1. The molecule has 2 fully saturated rings. The first-order chi connectivity index (χ1) is 10.7. The van der Waals surface area contributed by atoms with E-state index in [-0.39, 0.29) is 5.78 Å². The first-order valence-corrected chi connectivity index (χ1v) is 10.2. The van der Waals surface area contributed by atoms with Crippen LogP contribution in [0.25, 0.3) is 0 Å². The molecule has 2 nitrogen and oxygen atoms in total. The SMILES string of the molecule is CC(=O)[C@](C)(O)CCC[C@@H](C)[C@H]1CCC2C(=CBr)CCC[C@@]21C. The molecule has 2 aliphatic carbocycles. The molecule has 0 aliphatic heterocycles. The van der Waals surface area contributed by atoms with Crippen molar-refractivity contribution in [2.75, 3.05) is 0 Å². The summed E-state index contributed by atoms with van der Waals surface area (Å²) < 4.78 is 0. The van der Waals surface area contributed by atoms with Gasteiger partial charge in [0.2, 0.25) is 0 Å². The van der Waals surface area contributed by atoms with E-state index in [1.807, 2.05) is 0 Å². The molecule has 3 heteroatoms. The van der Waals surface area contributed by atoms with Crippen LogP contribution in [0.15, 0.2) is 10.6 Å². The Morgan fingerprint density at radius 1 is 1.52 bits per heavy atom. The van der Waals surface area contributed by atoms with Crippen LogP contribution in [0.4, 0.5) is 0 Å². The second kappa shape index (κ2) is 7.39. The number of carbonyl (C=O) groups is 1. The van der Waals surface area contributed by atoms with Gasteiger partial charge in [-0.3, -0.25) is 4.79 Å². The van der Waals surface area contributed by atoms with Gasteiger partial charge in [-0.1, -0.05) is 41.8 Å². The maximum Gasteiger partial charge on any atom is 0.160 e. The maximum atomic E-state index is 11.4. The highest BCUT2D eigenvalue weighted by Crippen LogP contribution is 2.60. The van der Waals surface area contributed by atoms with E-state index in [1.54, 1.807) is 12.5 Å². The normalized spacial score (nSPS) is 36.5. The van der Waals surface area contributed by atoms with E-state index >= 15 is 0 Å². The number of Topliss-reactive ketones (excluding diaryl/α,β-unsaturated/α-hetero) is 1. The number of halogens is 1. The van der Waals surface area contributed by atoms with Crippen molar-refractivity contribution in [3.63, 3.8) is 0 Å². The summed E-state index contributed by atoms with van der Waals surface area (Å²) in [5.74, 6) is 2.08. The summed E-state index contributed by atoms with van der Waals surface area (Å²) in [7, 11) is 0. The fourth-order valence-electron chi connectivity index (χ4n) is 5.29. The second-order valence-electron chi connectivity index (χ2n) is 8.48. The van der Waals surface area contributed by atoms with Crippen LogP contribution in [0.2, 0.25) is 0 Å². The zero-order valence-electron chi connectivity index (χ0n) is 15.2. The molecule has 0 saturated heterocycles. The van der Waals surface area contributed by atoms with Crippen molar-refractivity contribution in [3.05, 3.63) is 10.6 Å². The lowest BCUT2D eigenvalue weighted by atomic mass is 9.61. The van der Waals surface area contributed by atoms with Crippen LogP contribution in [-0.2, 0) is 4.79 Å². The summed E-state index contributed by atoms with van der Waals surface area (Å²) >= 11 is 3.58. The van der Waals surface area contributed by atoms with E-state index in [0.717, 1.165) is 24.7 Å². The van der Waals surface area contributed by atoms with E-state index in [2.05, 4.69) is 34.8 Å². The minimum atomic E-state index is -1.14. The van der Waals surface area contributed by atoms with Gasteiger partial charge in [0.25, 0.3) is 0 Å². The largest absolute Gasteiger partial charge is 0.382 e. The van der Waals surface area contributed by atoms with Crippen molar-refractivity contribution in [2.45, 2.75) is 84.7 Å². The summed E-state index contributed by atoms with van der Waals surface area (Å²) in [6.07, 6.45) is 9.22. The molecule has 5 atom stereocenters. The van der Waals surface area contributed by atoms with E-state index in [0.29, 0.717) is 17.8 Å². The average Bonchev–Trinajstić information content (AvgIpc) is 2.83. The number of hydrogen-bond acceptors (Lipinski definition) is 2. The summed E-state index contributed by atoms with van der Waals surface area (Å²) in [6.45, 7) is 8.03. The third kappa shape index (κ3) is 3.92. The Hall–Kier alpha value is -0.150. The van der Waals surface area contributed by atoms with Gasteiger partial charge in [0, 0.05) is 0 Å². The van der Waals surface area contributed by atoms with Gasteiger partial charge in [0.05, 0.1) is 0 Å². The summed E-state index contributed by atoms with van der Waals surface area (Å²) in [5, 5.41) is 10.1. The van der Waals surface area contributed by atoms with Crippen molar-refractivity contribution in [1.82, 2.24) is 0 Å². The zero-order valence-corrected chi connectivity index (χ0v) is 16.8. The minimum Gasteiger partial charge on any atom is -0.382 e. The predicted molar refractivity (Wildman–Crippen MR) is 99.5 cm³/mol. The lowest BCUT2D eigenvalue weighted by molar-refractivity contribution is -0.134. The number of allylic oxidation sites excluding steroid dienone is 1. The van der Waals surface area contributed by atoms with E-state index in [9.17, 15) is 9.90 Å². The van der Waals surface area contributed by atoms with E-state index in [1.165, 1.54) is 39.0 Å². The quantitative estimate of drug-likeness (QED) is 0.644. The van der Waals surface area contributed by atoms with Gasteiger partial charge < -0.3 is 5.11 Å². The van der Waals surface area contributed by atoms with Crippen molar-refractivity contribution >= 4 is 21.7 Å². The van der Waals surface area contributed by atoms with Gasteiger partial charge in [0.1, 0.15) is 5.60 Å². The fraction of sp³-hybridized carbons (Fsp3) is 0.850. The molecule has 2 saturated carbocycles. The van der Waals surface area contributed by atoms with Crippen LogP contribution >= 0.6 is 15.9 Å². The Morgan fingerprint density at radius 2 is 2.22 bits per heavy atom. The Labute approximate surface area is 150 Å². The zero-order chi connectivity index (χ0) is 17.3. The second-order valence-corrected chi connectivity index (χ2v) is 8.94. The van der Waals surface area contributed by atoms with E-state index < -0.39 is 5.60 Å². The van der Waals surface area contributed by atoms with Gasteiger partial charge in [-0.15, -0.1) is 0 Å². The van der Waals surface area contributed by atoms with Gasteiger partial charge in [-0.25, -0.2) is 0 Å². The first-order valence-electron chi connectivity index (χ1n) is 9.25. The third-order valence-electron chi connectivity index (χ3n) is 6.95. The first kappa shape index (κ1) is 19.2. The molecule has 1 unspecified atom stereocenters. The molecule has 0 aromatic carbocycles. The molecule has 2 rings (SSSR count). The fourth-order valence-corrected chi connectivity index (χ4v) is 5.84. The lowest BCUT2D eigenvalue weighted by Gasteiger charge is -2.44. The van der Waals surface area contributed by atoms with Crippen LogP contribution in [0.1, 0.15) is 79.1 Å². The summed E-state index contributed by atoms with van der Waals surface area (Å²) in [4.78, 5) is 13.6. The van der Waals surface area contributed by atoms with Crippen LogP contribution < -0.4 is 0 Å². The Bertz CT molecular complexity index is 468. The molecule has 0 amide bonds. The molecule has 0 aromatic heterocycles. The highest BCUT2D eigenvalue weighted by molar-refractivity contribution is 9.11. The molecular formula is C20H33BrO2. The van der Waals surface area contributed by atoms with Crippen molar-refractivity contribution in [1.29, 1.82) is 0 Å². The van der Waals surface area contributed by atoms with Crippen molar-refractivity contribution in [2.24, 2.45) is 23.2 Å². The standard InChI is InChI=1S/C20H33BrO2/c1-14(7-5-12-20(4,23)15(2)22)17-9-10-18-16(13-21)8-6-11-19(17,18)3/h13-14,17-18,23H,5-12H2,1-4H3/t14-,17-,18?,19-,20-/m1/s1. The molecule has 0 bridgehead atoms. The van der Waals surface area contributed by atoms with Crippen LogP contribution in [-0.4, -0.2) is 16.5 Å². The van der Waals surface area contributed by atoms with Crippen LogP contribution in [0.5, 0.6) is 0 Å². The number of hydrogen-bond donors (Lipinski definition) is 1. The van der Waals surface area contributed by atoms with Crippen LogP contribution in [0, 0.1) is 23.2 Å². The van der Waals surface area contributed by atoms with Gasteiger partial charge >= 0.3 is 0 Å². The molecule has 132 valence electrons. The lowest BCUT2D eigenvalue weighted by Crippen LogP contribution is -2.36. The number of carbonyl (C=O) groups excluding carboxylic acids is 1. The van der Waals surface area contributed by atoms with Crippen LogP contribution in [0.3, 0.4) is 0 Å². The summed E-state index contributed by atoms with van der Waals surface area (Å²) in [5.41, 5.74) is 0.923. The summed E-state index contributed by atoms with van der Waals surface area (Å²) in [6, 6.07) is 0. The molecule has 0 spiro atoms. The average molecular weight is 385 g/mol. The van der Waals surface area contributed by atoms with Gasteiger partial charge in [0.15, 0.2) is 5.78 Å². The number of rotatable bonds is 6. The highest BCUT2D eigenvalue weighted by Gasteiger charge is 2.50. The van der Waals surface area contributed by atoms with Gasteiger partial charge in [-0.2, -0.15) is 0 Å². The molecule has 23 heavy (non-hydrogen) atoms. The molecule has 1 N–H and O–H groups in total. The monoisotopic (exact) mass is 384 g/mol. The Morgan fingerprint density at radius 3 is 2.83 bits per heavy atom. The minimum absolute atomic E-state index is 0.113. The predicted octanol–water partition coefficient (Wildman–Crippen LogP) is 5.63. The molecule has 0 heterocycles. The van der Waals surface area contributed by atoms with Crippen molar-refractivity contribution < 1.29 is 9.90 Å². The van der Waals surface area contributed by atoms with Gasteiger partial charge in [-0.05, 0) is 86.9 Å². The topological polar surface area (TPSA) is 37.3 Å². The van der Waals surface area contributed by atoms with E-state index in [4.69, 9.17) is 0 Å².